The molecule has 0 radical (unpaired) electrons. The second kappa shape index (κ2) is 11.7. The Hall–Kier alpha value is -1.19. The summed E-state index contributed by atoms with van der Waals surface area (Å²) in [5.41, 5.74) is 2.50. The monoisotopic (exact) mass is 513 g/mol. The molecule has 3 rings (SSSR count). The lowest BCUT2D eigenvalue weighted by molar-refractivity contribution is 0.140. The van der Waals surface area contributed by atoms with E-state index in [2.05, 4.69) is 67.9 Å². The molecule has 1 fully saturated rings. The van der Waals surface area contributed by atoms with Crippen LogP contribution < -0.4 is 5.32 Å². The van der Waals surface area contributed by atoms with Gasteiger partial charge in [0.05, 0.1) is 17.2 Å². The zero-order valence-electron chi connectivity index (χ0n) is 17.1. The molecule has 0 bridgehead atoms. The molecule has 1 N–H and O–H groups in total. The number of nitrogens with zero attached hydrogens (tertiary/aromatic N) is 4. The predicted molar refractivity (Wildman–Crippen MR) is 130 cm³/mol. The van der Waals surface area contributed by atoms with Gasteiger partial charge in [-0.1, -0.05) is 36.8 Å². The number of hydrogen-bond donors (Lipinski definition) is 1. The van der Waals surface area contributed by atoms with Crippen molar-refractivity contribution in [2.45, 2.75) is 45.3 Å². The minimum absolute atomic E-state index is 0. The number of benzene rings is 1. The molecule has 1 aliphatic heterocycles. The number of thiazole rings is 1. The van der Waals surface area contributed by atoms with E-state index in [0.29, 0.717) is 6.04 Å². The van der Waals surface area contributed by atoms with E-state index in [1.807, 2.05) is 14.0 Å². The van der Waals surface area contributed by atoms with Crippen molar-refractivity contribution >= 4 is 41.3 Å². The number of aromatic nitrogens is 1. The molecule has 0 spiro atoms. The van der Waals surface area contributed by atoms with Crippen LogP contribution >= 0.6 is 35.3 Å². The highest BCUT2D eigenvalue weighted by Crippen LogP contribution is 2.19. The molecule has 0 aliphatic carbocycles. The van der Waals surface area contributed by atoms with Gasteiger partial charge in [-0.25, -0.2) is 4.98 Å². The first kappa shape index (κ1) is 23.1. The number of guanidine groups is 1. The van der Waals surface area contributed by atoms with Crippen LogP contribution in [0.15, 0.2) is 40.7 Å². The number of likely N-dealkylation sites (tertiary alicyclic amines) is 1. The Balaban J connectivity index is 0.00000280. The average molecular weight is 513 g/mol. The minimum atomic E-state index is 0. The largest absolute Gasteiger partial charge is 0.355 e. The molecule has 0 amide bonds. The fraction of sp³-hybridized carbons (Fsp3) is 0.524. The summed E-state index contributed by atoms with van der Waals surface area (Å²) in [6, 6.07) is 11.3. The van der Waals surface area contributed by atoms with Crippen LogP contribution in [-0.2, 0) is 13.1 Å². The van der Waals surface area contributed by atoms with E-state index >= 15 is 0 Å². The van der Waals surface area contributed by atoms with Crippen molar-refractivity contribution in [3.8, 4) is 0 Å². The van der Waals surface area contributed by atoms with E-state index < -0.39 is 0 Å². The van der Waals surface area contributed by atoms with Crippen molar-refractivity contribution in [3.05, 3.63) is 52.0 Å². The van der Waals surface area contributed by atoms with Gasteiger partial charge >= 0.3 is 0 Å². The van der Waals surface area contributed by atoms with Gasteiger partial charge in [0.25, 0.3) is 0 Å². The average Bonchev–Trinajstić information content (AvgIpc) is 3.09. The third kappa shape index (κ3) is 6.70. The maximum atomic E-state index is 4.56. The summed E-state index contributed by atoms with van der Waals surface area (Å²) in [6.07, 6.45) is 3.84. The molecule has 1 atom stereocenters. The number of piperidine rings is 1. The molecule has 1 aromatic heterocycles. The standard InChI is InChI=1S/C21H31N5S.HI/c1-17-24-19(16-27-17)15-25(3)21(22-2)23-13-20-11-7-8-12-26(20)14-18-9-5-4-6-10-18;/h4-6,9-10,16,20H,7-8,11-15H2,1-3H3,(H,22,23);1H. The first-order valence-electron chi connectivity index (χ1n) is 9.76. The fourth-order valence-electron chi connectivity index (χ4n) is 3.71. The van der Waals surface area contributed by atoms with Crippen LogP contribution in [0, 0.1) is 6.92 Å². The number of halogens is 1. The van der Waals surface area contributed by atoms with Gasteiger partial charge in [-0.15, -0.1) is 35.3 Å². The highest BCUT2D eigenvalue weighted by molar-refractivity contribution is 14.0. The maximum Gasteiger partial charge on any atom is 0.193 e. The Morgan fingerprint density at radius 3 is 2.79 bits per heavy atom. The molecular weight excluding hydrogens is 481 g/mol. The van der Waals surface area contributed by atoms with E-state index in [0.717, 1.165) is 36.3 Å². The molecule has 5 nitrogen and oxygen atoms in total. The molecule has 0 saturated carbocycles. The summed E-state index contributed by atoms with van der Waals surface area (Å²) in [4.78, 5) is 13.8. The lowest BCUT2D eigenvalue weighted by atomic mass is 10.0. The summed E-state index contributed by atoms with van der Waals surface area (Å²) in [5, 5.41) is 6.83. The quantitative estimate of drug-likeness (QED) is 0.359. The van der Waals surface area contributed by atoms with Crippen LogP contribution in [0.1, 0.15) is 35.5 Å². The molecule has 7 heteroatoms. The predicted octanol–water partition coefficient (Wildman–Crippen LogP) is 4.13. The zero-order valence-corrected chi connectivity index (χ0v) is 20.2. The van der Waals surface area contributed by atoms with Crippen molar-refractivity contribution in [1.29, 1.82) is 0 Å². The van der Waals surface area contributed by atoms with E-state index in [9.17, 15) is 0 Å². The highest BCUT2D eigenvalue weighted by Gasteiger charge is 2.23. The van der Waals surface area contributed by atoms with Gasteiger partial charge in [0.15, 0.2) is 5.96 Å². The molecule has 2 heterocycles. The van der Waals surface area contributed by atoms with E-state index in [4.69, 9.17) is 0 Å². The molecular formula is C21H32IN5S. The van der Waals surface area contributed by atoms with Gasteiger partial charge in [0, 0.05) is 38.6 Å². The third-order valence-electron chi connectivity index (χ3n) is 5.11. The van der Waals surface area contributed by atoms with Crippen LogP contribution in [0.2, 0.25) is 0 Å². The first-order chi connectivity index (χ1) is 13.2. The Labute approximate surface area is 190 Å². The number of rotatable bonds is 6. The van der Waals surface area contributed by atoms with Crippen molar-refractivity contribution in [2.24, 2.45) is 4.99 Å². The van der Waals surface area contributed by atoms with Gasteiger partial charge in [0.1, 0.15) is 0 Å². The van der Waals surface area contributed by atoms with Crippen LogP contribution in [-0.4, -0.2) is 54.0 Å². The van der Waals surface area contributed by atoms with Gasteiger partial charge < -0.3 is 10.2 Å². The Kier molecular flexibility index (Phi) is 9.67. The van der Waals surface area contributed by atoms with Gasteiger partial charge in [-0.2, -0.15) is 0 Å². The molecule has 1 aromatic carbocycles. The third-order valence-corrected chi connectivity index (χ3v) is 5.93. The number of aliphatic imine (C=N–C) groups is 1. The van der Waals surface area contributed by atoms with Crippen LogP contribution in [0.25, 0.3) is 0 Å². The minimum Gasteiger partial charge on any atom is -0.355 e. The summed E-state index contributed by atoms with van der Waals surface area (Å²) in [7, 11) is 3.93. The smallest absolute Gasteiger partial charge is 0.193 e. The van der Waals surface area contributed by atoms with Gasteiger partial charge in [0.2, 0.25) is 0 Å². The van der Waals surface area contributed by atoms with Crippen molar-refractivity contribution < 1.29 is 0 Å². The highest BCUT2D eigenvalue weighted by atomic mass is 127. The molecule has 1 saturated heterocycles. The van der Waals surface area contributed by atoms with E-state index in [1.54, 1.807) is 11.3 Å². The summed E-state index contributed by atoms with van der Waals surface area (Å²) in [5.74, 6) is 0.936. The summed E-state index contributed by atoms with van der Waals surface area (Å²) >= 11 is 1.70. The van der Waals surface area contributed by atoms with Crippen LogP contribution in [0.4, 0.5) is 0 Å². The zero-order chi connectivity index (χ0) is 19.1. The number of nitrogens with one attached hydrogen (secondary N) is 1. The number of hydrogen-bond acceptors (Lipinski definition) is 4. The number of aryl methyl sites for hydroxylation is 1. The maximum absolute atomic E-state index is 4.56. The van der Waals surface area contributed by atoms with Crippen LogP contribution in [0.3, 0.4) is 0 Å². The molecule has 1 unspecified atom stereocenters. The fourth-order valence-corrected chi connectivity index (χ4v) is 4.31. The molecule has 154 valence electrons. The normalized spacial score (nSPS) is 17.8. The van der Waals surface area contributed by atoms with Gasteiger partial charge in [-0.3, -0.25) is 9.89 Å². The van der Waals surface area contributed by atoms with Crippen molar-refractivity contribution in [1.82, 2.24) is 20.1 Å². The second-order valence-corrected chi connectivity index (χ2v) is 8.31. The van der Waals surface area contributed by atoms with Crippen molar-refractivity contribution in [2.75, 3.05) is 27.2 Å². The van der Waals surface area contributed by atoms with Crippen LogP contribution in [0.5, 0.6) is 0 Å². The van der Waals surface area contributed by atoms with Gasteiger partial charge in [-0.05, 0) is 31.9 Å². The first-order valence-corrected chi connectivity index (χ1v) is 10.6. The summed E-state index contributed by atoms with van der Waals surface area (Å²) in [6.45, 7) is 5.96. The molecule has 1 aliphatic rings. The lowest BCUT2D eigenvalue weighted by Gasteiger charge is -2.36. The topological polar surface area (TPSA) is 43.8 Å². The Morgan fingerprint density at radius 2 is 2.11 bits per heavy atom. The lowest BCUT2D eigenvalue weighted by Crippen LogP contribution is -2.49. The second-order valence-electron chi connectivity index (χ2n) is 7.25. The molecule has 28 heavy (non-hydrogen) atoms. The van der Waals surface area contributed by atoms with Crippen molar-refractivity contribution in [3.63, 3.8) is 0 Å². The van der Waals surface area contributed by atoms with E-state index in [1.165, 1.54) is 31.4 Å². The Bertz CT molecular complexity index is 733. The SMILES string of the molecule is CN=C(NCC1CCCCN1Cc1ccccc1)N(C)Cc1csc(C)n1.I. The molecule has 2 aromatic rings. The Morgan fingerprint density at radius 1 is 1.32 bits per heavy atom. The summed E-state index contributed by atoms with van der Waals surface area (Å²) < 4.78 is 0. The van der Waals surface area contributed by atoms with E-state index in [-0.39, 0.29) is 24.0 Å².